The molecule has 0 spiro atoms. The minimum absolute atomic E-state index is 0.00586. The van der Waals surface area contributed by atoms with Crippen molar-refractivity contribution in [2.75, 3.05) is 13.1 Å². The number of likely N-dealkylation sites (tertiary alicyclic amines) is 1. The van der Waals surface area contributed by atoms with E-state index in [-0.39, 0.29) is 23.4 Å². The fourth-order valence-corrected chi connectivity index (χ4v) is 4.77. The standard InChI is InChI=1S/C29H30FN5O4/c1-29(2,3)39-28(37)34-15-12-18(13-16-34)21-11-14-32-25-24(21)33-35(26(25)27(31)36)23-10-9-20(17-22(23)30)38-19-7-5-4-6-8-19/h4-11,14,17-18H,12-13,15-16H2,1-3H3,(H2,31,36). The van der Waals surface area contributed by atoms with Crippen LogP contribution in [0.5, 0.6) is 11.5 Å². The topological polar surface area (TPSA) is 113 Å². The Balaban J connectivity index is 1.45. The Morgan fingerprint density at radius 1 is 1.00 bits per heavy atom. The molecule has 10 heteroatoms. The Morgan fingerprint density at radius 3 is 2.36 bits per heavy atom. The van der Waals surface area contributed by atoms with Crippen LogP contribution in [0.15, 0.2) is 60.8 Å². The minimum Gasteiger partial charge on any atom is -0.457 e. The van der Waals surface area contributed by atoms with Crippen LogP contribution in [0.2, 0.25) is 0 Å². The second kappa shape index (κ2) is 10.4. The fraction of sp³-hybridized carbons (Fsp3) is 0.310. The number of aromatic nitrogens is 3. The summed E-state index contributed by atoms with van der Waals surface area (Å²) in [5, 5.41) is 4.62. The monoisotopic (exact) mass is 531 g/mol. The first-order valence-electron chi connectivity index (χ1n) is 12.8. The number of ether oxygens (including phenoxy) is 2. The number of pyridine rings is 1. The van der Waals surface area contributed by atoms with Crippen molar-refractivity contribution in [2.45, 2.75) is 45.1 Å². The highest BCUT2D eigenvalue weighted by atomic mass is 19.1. The van der Waals surface area contributed by atoms with Gasteiger partial charge in [0.2, 0.25) is 0 Å². The molecular weight excluding hydrogens is 501 g/mol. The van der Waals surface area contributed by atoms with Gasteiger partial charge in [-0.05, 0) is 75.4 Å². The SMILES string of the molecule is CC(C)(C)OC(=O)N1CCC(c2ccnc3c(C(N)=O)n(-c4ccc(Oc5ccccc5)cc4F)nc23)CC1. The number of piperidine rings is 1. The molecule has 5 rings (SSSR count). The maximum absolute atomic E-state index is 15.3. The molecule has 9 nitrogen and oxygen atoms in total. The first-order valence-corrected chi connectivity index (χ1v) is 12.8. The lowest BCUT2D eigenvalue weighted by Crippen LogP contribution is -2.41. The molecule has 202 valence electrons. The number of para-hydroxylation sites is 1. The summed E-state index contributed by atoms with van der Waals surface area (Å²) >= 11 is 0. The summed E-state index contributed by atoms with van der Waals surface area (Å²) in [4.78, 5) is 31.1. The van der Waals surface area contributed by atoms with Crippen LogP contribution in [0.25, 0.3) is 16.7 Å². The summed E-state index contributed by atoms with van der Waals surface area (Å²) in [6.07, 6.45) is 2.62. The van der Waals surface area contributed by atoms with E-state index in [1.165, 1.54) is 16.8 Å². The molecule has 4 aromatic rings. The number of carbonyl (C=O) groups excluding carboxylic acids is 2. The zero-order chi connectivity index (χ0) is 27.7. The highest BCUT2D eigenvalue weighted by Gasteiger charge is 2.30. The molecule has 39 heavy (non-hydrogen) atoms. The zero-order valence-corrected chi connectivity index (χ0v) is 22.1. The molecule has 1 saturated heterocycles. The van der Waals surface area contributed by atoms with E-state index in [0.717, 1.165) is 5.56 Å². The molecule has 1 aliphatic rings. The minimum atomic E-state index is -0.772. The number of benzene rings is 2. The highest BCUT2D eigenvalue weighted by molar-refractivity contribution is 6.03. The van der Waals surface area contributed by atoms with Gasteiger partial charge in [-0.3, -0.25) is 9.78 Å². The second-order valence-electron chi connectivity index (χ2n) is 10.5. The molecule has 2 N–H and O–H groups in total. The van der Waals surface area contributed by atoms with Crippen molar-refractivity contribution >= 4 is 23.0 Å². The summed E-state index contributed by atoms with van der Waals surface area (Å²) in [5.41, 5.74) is 6.86. The molecule has 2 amide bonds. The van der Waals surface area contributed by atoms with E-state index in [0.29, 0.717) is 48.5 Å². The van der Waals surface area contributed by atoms with Crippen molar-refractivity contribution in [3.63, 3.8) is 0 Å². The van der Waals surface area contributed by atoms with Crippen LogP contribution in [0.3, 0.4) is 0 Å². The summed E-state index contributed by atoms with van der Waals surface area (Å²) in [6, 6.07) is 15.2. The average molecular weight is 532 g/mol. The van der Waals surface area contributed by atoms with Crippen LogP contribution in [-0.2, 0) is 4.74 Å². The molecule has 1 aliphatic heterocycles. The van der Waals surface area contributed by atoms with Crippen molar-refractivity contribution in [3.05, 3.63) is 77.9 Å². The first kappa shape index (κ1) is 26.1. The third-order valence-electron chi connectivity index (χ3n) is 6.54. The van der Waals surface area contributed by atoms with E-state index in [4.69, 9.17) is 15.2 Å². The maximum Gasteiger partial charge on any atom is 0.410 e. The Bertz CT molecular complexity index is 1520. The van der Waals surface area contributed by atoms with Gasteiger partial charge in [0.05, 0.1) is 0 Å². The normalized spacial score (nSPS) is 14.4. The van der Waals surface area contributed by atoms with E-state index >= 15 is 4.39 Å². The van der Waals surface area contributed by atoms with Gasteiger partial charge in [-0.2, -0.15) is 5.10 Å². The fourth-order valence-electron chi connectivity index (χ4n) is 4.77. The molecular formula is C29H30FN5O4. The summed E-state index contributed by atoms with van der Waals surface area (Å²) in [7, 11) is 0. The number of rotatable bonds is 5. The Labute approximate surface area is 225 Å². The molecule has 0 aliphatic carbocycles. The molecule has 0 saturated carbocycles. The number of hydrogen-bond donors (Lipinski definition) is 1. The molecule has 0 unspecified atom stereocenters. The van der Waals surface area contributed by atoms with E-state index in [1.54, 1.807) is 29.3 Å². The Kier molecular flexibility index (Phi) is 6.94. The quantitative estimate of drug-likeness (QED) is 0.361. The maximum atomic E-state index is 15.3. The number of fused-ring (bicyclic) bond motifs is 1. The van der Waals surface area contributed by atoms with Gasteiger partial charge in [0.1, 0.15) is 33.8 Å². The summed E-state index contributed by atoms with van der Waals surface area (Å²) < 4.78 is 27.8. The van der Waals surface area contributed by atoms with Gasteiger partial charge in [0.15, 0.2) is 11.5 Å². The average Bonchev–Trinajstić information content (AvgIpc) is 3.28. The molecule has 1 fully saturated rings. The predicted molar refractivity (Wildman–Crippen MR) is 144 cm³/mol. The van der Waals surface area contributed by atoms with Gasteiger partial charge >= 0.3 is 6.09 Å². The van der Waals surface area contributed by atoms with Crippen molar-refractivity contribution in [3.8, 4) is 17.2 Å². The van der Waals surface area contributed by atoms with E-state index < -0.39 is 17.3 Å². The van der Waals surface area contributed by atoms with Crippen LogP contribution < -0.4 is 10.5 Å². The van der Waals surface area contributed by atoms with Crippen molar-refractivity contribution < 1.29 is 23.5 Å². The molecule has 0 bridgehead atoms. The van der Waals surface area contributed by atoms with Crippen LogP contribution in [0.4, 0.5) is 9.18 Å². The van der Waals surface area contributed by atoms with Gasteiger partial charge in [0.25, 0.3) is 5.91 Å². The number of nitrogens with zero attached hydrogens (tertiary/aromatic N) is 4. The van der Waals surface area contributed by atoms with Crippen LogP contribution in [-0.4, -0.2) is 50.4 Å². The largest absolute Gasteiger partial charge is 0.457 e. The van der Waals surface area contributed by atoms with Gasteiger partial charge in [0, 0.05) is 25.4 Å². The van der Waals surface area contributed by atoms with Gasteiger partial charge < -0.3 is 20.1 Å². The lowest BCUT2D eigenvalue weighted by molar-refractivity contribution is 0.0205. The first-order chi connectivity index (χ1) is 18.6. The number of nitrogens with two attached hydrogens (primary N) is 1. The van der Waals surface area contributed by atoms with E-state index in [2.05, 4.69) is 10.1 Å². The molecule has 2 aromatic carbocycles. The van der Waals surface area contributed by atoms with Crippen LogP contribution >= 0.6 is 0 Å². The number of halogens is 1. The molecule has 3 heterocycles. The van der Waals surface area contributed by atoms with Gasteiger partial charge in [-0.15, -0.1) is 0 Å². The summed E-state index contributed by atoms with van der Waals surface area (Å²) in [6.45, 7) is 6.55. The van der Waals surface area contributed by atoms with Crippen LogP contribution in [0.1, 0.15) is 55.6 Å². The number of carbonyl (C=O) groups is 2. The Morgan fingerprint density at radius 2 is 1.72 bits per heavy atom. The van der Waals surface area contributed by atoms with Gasteiger partial charge in [-0.25, -0.2) is 13.9 Å². The second-order valence-corrected chi connectivity index (χ2v) is 10.5. The molecule has 2 aromatic heterocycles. The molecule has 0 radical (unpaired) electrons. The van der Waals surface area contributed by atoms with E-state index in [1.807, 2.05) is 45.0 Å². The van der Waals surface area contributed by atoms with Crippen LogP contribution in [0, 0.1) is 5.82 Å². The number of primary amides is 1. The van der Waals surface area contributed by atoms with E-state index in [9.17, 15) is 9.59 Å². The highest BCUT2D eigenvalue weighted by Crippen LogP contribution is 2.34. The predicted octanol–water partition coefficient (Wildman–Crippen LogP) is 5.57. The zero-order valence-electron chi connectivity index (χ0n) is 22.1. The number of hydrogen-bond acceptors (Lipinski definition) is 6. The third-order valence-corrected chi connectivity index (χ3v) is 6.54. The lowest BCUT2D eigenvalue weighted by atomic mass is 9.89. The van der Waals surface area contributed by atoms with Crippen molar-refractivity contribution in [2.24, 2.45) is 5.73 Å². The third kappa shape index (κ3) is 5.55. The lowest BCUT2D eigenvalue weighted by Gasteiger charge is -2.33. The van der Waals surface area contributed by atoms with Gasteiger partial charge in [-0.1, -0.05) is 18.2 Å². The number of amides is 2. The molecule has 0 atom stereocenters. The van der Waals surface area contributed by atoms with Crippen molar-refractivity contribution in [1.82, 2.24) is 19.7 Å². The Hall–Kier alpha value is -4.47. The summed E-state index contributed by atoms with van der Waals surface area (Å²) in [5.74, 6) is -0.476. The smallest absolute Gasteiger partial charge is 0.410 e. The van der Waals surface area contributed by atoms with Crippen molar-refractivity contribution in [1.29, 1.82) is 0 Å².